The lowest BCUT2D eigenvalue weighted by Gasteiger charge is -2.31. The summed E-state index contributed by atoms with van der Waals surface area (Å²) in [5.74, 6) is -1.21. The maximum atomic E-state index is 13.4. The molecule has 0 bridgehead atoms. The van der Waals surface area contributed by atoms with Crippen LogP contribution in [-0.4, -0.2) is 17.9 Å². The molecule has 1 aliphatic rings. The maximum absolute atomic E-state index is 13.4. The second-order valence-corrected chi connectivity index (χ2v) is 8.59. The highest BCUT2D eigenvalue weighted by Gasteiger charge is 2.38. The Morgan fingerprint density at radius 1 is 1.09 bits per heavy atom. The zero-order valence-corrected chi connectivity index (χ0v) is 17.8. The minimum atomic E-state index is -4.60. The van der Waals surface area contributed by atoms with Crippen LogP contribution in [0.5, 0.6) is 0 Å². The molecule has 168 valence electrons. The number of anilines is 1. The first-order chi connectivity index (χ1) is 15.3. The van der Waals surface area contributed by atoms with E-state index in [1.807, 2.05) is 0 Å². The highest BCUT2D eigenvalue weighted by molar-refractivity contribution is 7.10. The highest BCUT2D eigenvalue weighted by Crippen LogP contribution is 2.36. The van der Waals surface area contributed by atoms with E-state index in [1.54, 1.807) is 17.5 Å². The van der Waals surface area contributed by atoms with Crippen LogP contribution in [0, 0.1) is 0 Å². The minimum absolute atomic E-state index is 0.0213. The fourth-order valence-corrected chi connectivity index (χ4v) is 4.72. The summed E-state index contributed by atoms with van der Waals surface area (Å²) in [6, 6.07) is 9.61. The molecule has 0 aliphatic heterocycles. The molecule has 4 rings (SSSR count). The lowest BCUT2D eigenvalue weighted by Crippen LogP contribution is -2.46. The SMILES string of the molecule is O=C(NC1CCCC1)C(c1cccs1)N(C(=O)c1ccco1)c1cccc(C(F)(F)F)c1. The van der Waals surface area contributed by atoms with E-state index >= 15 is 0 Å². The normalized spacial score (nSPS) is 15.5. The van der Waals surface area contributed by atoms with Crippen molar-refractivity contribution in [3.63, 3.8) is 0 Å². The van der Waals surface area contributed by atoms with Crippen molar-refractivity contribution in [3.05, 3.63) is 76.4 Å². The van der Waals surface area contributed by atoms with E-state index in [4.69, 9.17) is 4.42 Å². The predicted octanol–water partition coefficient (Wildman–Crippen LogP) is 5.81. The molecule has 1 atom stereocenters. The summed E-state index contributed by atoms with van der Waals surface area (Å²) in [5.41, 5.74) is -0.949. The standard InChI is InChI=1S/C23H21F3N2O3S/c24-23(25,26)15-6-3-9-17(14-15)28(22(30)18-10-4-12-31-18)20(19-11-5-13-32-19)21(29)27-16-7-1-2-8-16/h3-6,9-14,16,20H,1-2,7-8H2,(H,27,29). The van der Waals surface area contributed by atoms with E-state index in [2.05, 4.69) is 5.32 Å². The summed E-state index contributed by atoms with van der Waals surface area (Å²) in [6.07, 6.45) is 0.363. The van der Waals surface area contributed by atoms with Crippen LogP contribution in [0.1, 0.15) is 52.7 Å². The topological polar surface area (TPSA) is 62.6 Å². The Kier molecular flexibility index (Phi) is 6.36. The first kappa shape index (κ1) is 22.1. The number of hydrogen-bond acceptors (Lipinski definition) is 4. The average molecular weight is 462 g/mol. The van der Waals surface area contributed by atoms with Gasteiger partial charge in [-0.1, -0.05) is 25.0 Å². The Bertz CT molecular complexity index is 1060. The van der Waals surface area contributed by atoms with Gasteiger partial charge in [-0.3, -0.25) is 14.5 Å². The number of amides is 2. The van der Waals surface area contributed by atoms with Crippen molar-refractivity contribution in [2.75, 3.05) is 4.90 Å². The van der Waals surface area contributed by atoms with E-state index in [0.717, 1.165) is 42.7 Å². The number of carbonyl (C=O) groups is 2. The number of nitrogens with zero attached hydrogens (tertiary/aromatic N) is 1. The quantitative estimate of drug-likeness (QED) is 0.503. The van der Waals surface area contributed by atoms with Gasteiger partial charge in [0.1, 0.15) is 0 Å². The molecule has 1 aliphatic carbocycles. The summed E-state index contributed by atoms with van der Waals surface area (Å²) in [7, 11) is 0. The van der Waals surface area contributed by atoms with Gasteiger partial charge in [-0.2, -0.15) is 13.2 Å². The van der Waals surface area contributed by atoms with Crippen LogP contribution in [0.15, 0.2) is 64.6 Å². The molecule has 2 heterocycles. The van der Waals surface area contributed by atoms with Crippen molar-refractivity contribution < 1.29 is 27.2 Å². The molecular weight excluding hydrogens is 441 g/mol. The van der Waals surface area contributed by atoms with Crippen molar-refractivity contribution in [1.82, 2.24) is 5.32 Å². The highest BCUT2D eigenvalue weighted by atomic mass is 32.1. The lowest BCUT2D eigenvalue weighted by atomic mass is 10.1. The number of rotatable bonds is 6. The van der Waals surface area contributed by atoms with Crippen molar-refractivity contribution in [3.8, 4) is 0 Å². The zero-order valence-electron chi connectivity index (χ0n) is 17.0. The molecule has 2 aromatic heterocycles. The van der Waals surface area contributed by atoms with Gasteiger partial charge < -0.3 is 9.73 Å². The van der Waals surface area contributed by atoms with Gasteiger partial charge >= 0.3 is 6.18 Å². The molecule has 1 unspecified atom stereocenters. The van der Waals surface area contributed by atoms with Crippen molar-refractivity contribution in [2.24, 2.45) is 0 Å². The number of halogens is 3. The van der Waals surface area contributed by atoms with Crippen molar-refractivity contribution >= 4 is 28.8 Å². The first-order valence-electron chi connectivity index (χ1n) is 10.2. The fraction of sp³-hybridized carbons (Fsp3) is 0.304. The van der Waals surface area contributed by atoms with Crippen LogP contribution >= 0.6 is 11.3 Å². The van der Waals surface area contributed by atoms with E-state index in [0.29, 0.717) is 4.88 Å². The summed E-state index contributed by atoms with van der Waals surface area (Å²) >= 11 is 1.26. The van der Waals surface area contributed by atoms with E-state index in [9.17, 15) is 22.8 Å². The molecule has 32 heavy (non-hydrogen) atoms. The molecule has 1 saturated carbocycles. The van der Waals surface area contributed by atoms with E-state index in [-0.39, 0.29) is 17.5 Å². The van der Waals surface area contributed by atoms with Crippen LogP contribution in [0.3, 0.4) is 0 Å². The molecule has 1 N–H and O–H groups in total. The molecule has 3 aromatic rings. The third kappa shape index (κ3) is 4.72. The number of hydrogen-bond donors (Lipinski definition) is 1. The van der Waals surface area contributed by atoms with Crippen molar-refractivity contribution in [1.29, 1.82) is 0 Å². The molecule has 0 radical (unpaired) electrons. The van der Waals surface area contributed by atoms with Crippen LogP contribution in [0.2, 0.25) is 0 Å². The summed E-state index contributed by atoms with van der Waals surface area (Å²) in [5, 5.41) is 4.74. The molecule has 9 heteroatoms. The van der Waals surface area contributed by atoms with Gasteiger partial charge in [0.2, 0.25) is 5.91 Å². The third-order valence-electron chi connectivity index (χ3n) is 5.42. The number of benzene rings is 1. The molecule has 5 nitrogen and oxygen atoms in total. The molecule has 1 fully saturated rings. The molecular formula is C23H21F3N2O3S. The zero-order chi connectivity index (χ0) is 22.7. The average Bonchev–Trinajstić information content (AvgIpc) is 3.54. The number of carbonyl (C=O) groups excluding carboxylic acids is 2. The second-order valence-electron chi connectivity index (χ2n) is 7.61. The Morgan fingerprint density at radius 3 is 2.50 bits per heavy atom. The number of nitrogens with one attached hydrogen (secondary N) is 1. The van der Waals surface area contributed by atoms with Crippen LogP contribution in [-0.2, 0) is 11.0 Å². The van der Waals surface area contributed by atoms with Crippen LogP contribution < -0.4 is 10.2 Å². The molecule has 2 amide bonds. The van der Waals surface area contributed by atoms with Gasteiger partial charge in [0.15, 0.2) is 11.8 Å². The molecule has 0 spiro atoms. The molecule has 0 saturated heterocycles. The predicted molar refractivity (Wildman–Crippen MR) is 114 cm³/mol. The van der Waals surface area contributed by atoms with Gasteiger partial charge in [0, 0.05) is 16.6 Å². The second kappa shape index (κ2) is 9.20. The van der Waals surface area contributed by atoms with Gasteiger partial charge in [0.25, 0.3) is 5.91 Å². The van der Waals surface area contributed by atoms with Crippen LogP contribution in [0.25, 0.3) is 0 Å². The third-order valence-corrected chi connectivity index (χ3v) is 6.35. The fourth-order valence-electron chi connectivity index (χ4n) is 3.91. The smallest absolute Gasteiger partial charge is 0.416 e. The van der Waals surface area contributed by atoms with E-state index < -0.39 is 29.6 Å². The Labute approximate surface area is 186 Å². The van der Waals surface area contributed by atoms with Crippen LogP contribution in [0.4, 0.5) is 18.9 Å². The van der Waals surface area contributed by atoms with Gasteiger partial charge in [0.05, 0.1) is 11.8 Å². The number of furan rings is 1. The maximum Gasteiger partial charge on any atom is 0.416 e. The van der Waals surface area contributed by atoms with Gasteiger partial charge in [-0.15, -0.1) is 11.3 Å². The van der Waals surface area contributed by atoms with Crippen molar-refractivity contribution in [2.45, 2.75) is 43.9 Å². The number of alkyl halides is 3. The van der Waals surface area contributed by atoms with Gasteiger partial charge in [-0.05, 0) is 54.6 Å². The summed E-state index contributed by atoms with van der Waals surface area (Å²) < 4.78 is 45.5. The largest absolute Gasteiger partial charge is 0.459 e. The van der Waals surface area contributed by atoms with Gasteiger partial charge in [-0.25, -0.2) is 0 Å². The Morgan fingerprint density at radius 2 is 1.88 bits per heavy atom. The number of thiophene rings is 1. The monoisotopic (exact) mass is 462 g/mol. The molecule has 1 aromatic carbocycles. The summed E-state index contributed by atoms with van der Waals surface area (Å²) in [4.78, 5) is 28.5. The lowest BCUT2D eigenvalue weighted by molar-refractivity contribution is -0.137. The van der Waals surface area contributed by atoms with E-state index in [1.165, 1.54) is 41.9 Å². The minimum Gasteiger partial charge on any atom is -0.459 e. The first-order valence-corrected chi connectivity index (χ1v) is 11.1. The Hall–Kier alpha value is -3.07. The Balaban J connectivity index is 1.80. The summed E-state index contributed by atoms with van der Waals surface area (Å²) in [6.45, 7) is 0.